The quantitative estimate of drug-likeness (QED) is 0.804. The molecular formula is C18H30N2. The standard InChI is InChI=1S/C18H30N2/c1-13(2)19-11-17-8-9-18(15(5)10-17)20(14(3)4)12-16-6-7-16/h8-10,13-14,16,19H,6-7,11-12H2,1-5H3. The second kappa shape index (κ2) is 6.62. The van der Waals surface area contributed by atoms with Gasteiger partial charge in [-0.15, -0.1) is 0 Å². The first-order chi connectivity index (χ1) is 9.47. The minimum absolute atomic E-state index is 0.539. The van der Waals surface area contributed by atoms with Gasteiger partial charge in [-0.2, -0.15) is 0 Å². The summed E-state index contributed by atoms with van der Waals surface area (Å²) in [6.45, 7) is 13.4. The number of anilines is 1. The average Bonchev–Trinajstić information content (AvgIpc) is 3.18. The van der Waals surface area contributed by atoms with E-state index in [-0.39, 0.29) is 0 Å². The third-order valence-corrected chi connectivity index (χ3v) is 4.06. The lowest BCUT2D eigenvalue weighted by atomic mass is 10.1. The summed E-state index contributed by atoms with van der Waals surface area (Å²) in [5.74, 6) is 0.930. The molecule has 1 aromatic carbocycles. The molecule has 0 unspecified atom stereocenters. The Balaban J connectivity index is 2.09. The highest BCUT2D eigenvalue weighted by Crippen LogP contribution is 2.33. The molecule has 0 saturated heterocycles. The van der Waals surface area contributed by atoms with E-state index >= 15 is 0 Å². The minimum atomic E-state index is 0.539. The van der Waals surface area contributed by atoms with Crippen LogP contribution in [0.4, 0.5) is 5.69 Å². The molecule has 0 amide bonds. The number of hydrogen-bond acceptors (Lipinski definition) is 2. The average molecular weight is 274 g/mol. The molecule has 1 fully saturated rings. The van der Waals surface area contributed by atoms with Crippen LogP contribution in [0.2, 0.25) is 0 Å². The van der Waals surface area contributed by atoms with E-state index in [2.05, 4.69) is 63.0 Å². The van der Waals surface area contributed by atoms with Crippen molar-refractivity contribution >= 4 is 5.69 Å². The number of nitrogens with zero attached hydrogens (tertiary/aromatic N) is 1. The molecule has 0 atom stereocenters. The van der Waals surface area contributed by atoms with Gasteiger partial charge in [0.05, 0.1) is 0 Å². The zero-order chi connectivity index (χ0) is 14.7. The third-order valence-electron chi connectivity index (χ3n) is 4.06. The van der Waals surface area contributed by atoms with Crippen molar-refractivity contribution in [2.75, 3.05) is 11.4 Å². The van der Waals surface area contributed by atoms with Crippen LogP contribution in [0.5, 0.6) is 0 Å². The molecule has 0 radical (unpaired) electrons. The van der Waals surface area contributed by atoms with E-state index in [1.807, 2.05) is 0 Å². The number of aryl methyl sites for hydroxylation is 1. The minimum Gasteiger partial charge on any atom is -0.369 e. The first kappa shape index (κ1) is 15.4. The van der Waals surface area contributed by atoms with Crippen molar-refractivity contribution in [2.24, 2.45) is 5.92 Å². The van der Waals surface area contributed by atoms with Crippen molar-refractivity contribution < 1.29 is 0 Å². The van der Waals surface area contributed by atoms with Crippen LogP contribution in [-0.2, 0) is 6.54 Å². The van der Waals surface area contributed by atoms with Crippen LogP contribution in [0.3, 0.4) is 0 Å². The Hall–Kier alpha value is -1.02. The van der Waals surface area contributed by atoms with Gasteiger partial charge in [0.2, 0.25) is 0 Å². The van der Waals surface area contributed by atoms with E-state index in [0.29, 0.717) is 12.1 Å². The Kier molecular flexibility index (Phi) is 5.09. The molecule has 0 aliphatic heterocycles. The molecule has 2 rings (SSSR count). The van der Waals surface area contributed by atoms with Crippen LogP contribution in [-0.4, -0.2) is 18.6 Å². The molecule has 0 aromatic heterocycles. The summed E-state index contributed by atoms with van der Waals surface area (Å²) in [4.78, 5) is 2.58. The van der Waals surface area contributed by atoms with Gasteiger partial charge in [0, 0.05) is 30.9 Å². The van der Waals surface area contributed by atoms with Gasteiger partial charge >= 0.3 is 0 Å². The first-order valence-electron chi connectivity index (χ1n) is 8.07. The van der Waals surface area contributed by atoms with Crippen LogP contribution in [0.15, 0.2) is 18.2 Å². The number of benzene rings is 1. The van der Waals surface area contributed by atoms with Gasteiger partial charge in [-0.3, -0.25) is 0 Å². The van der Waals surface area contributed by atoms with Gasteiger partial charge in [-0.25, -0.2) is 0 Å². The fourth-order valence-corrected chi connectivity index (χ4v) is 2.64. The van der Waals surface area contributed by atoms with Crippen LogP contribution < -0.4 is 10.2 Å². The Morgan fingerprint density at radius 2 is 1.90 bits per heavy atom. The maximum atomic E-state index is 3.49. The van der Waals surface area contributed by atoms with Crippen molar-refractivity contribution in [3.05, 3.63) is 29.3 Å². The van der Waals surface area contributed by atoms with Gasteiger partial charge in [-0.05, 0) is 56.7 Å². The second-order valence-electron chi connectivity index (χ2n) is 6.85. The summed E-state index contributed by atoms with van der Waals surface area (Å²) in [5, 5.41) is 3.49. The van der Waals surface area contributed by atoms with Crippen molar-refractivity contribution in [3.63, 3.8) is 0 Å². The molecule has 1 aromatic rings. The summed E-state index contributed by atoms with van der Waals surface area (Å²) in [5.41, 5.74) is 4.21. The highest BCUT2D eigenvalue weighted by Gasteiger charge is 2.26. The zero-order valence-electron chi connectivity index (χ0n) is 13.7. The van der Waals surface area contributed by atoms with Crippen molar-refractivity contribution in [3.8, 4) is 0 Å². The Morgan fingerprint density at radius 1 is 1.20 bits per heavy atom. The van der Waals surface area contributed by atoms with E-state index in [1.165, 1.54) is 36.2 Å². The first-order valence-corrected chi connectivity index (χ1v) is 8.07. The third kappa shape index (κ3) is 4.24. The van der Waals surface area contributed by atoms with E-state index in [1.54, 1.807) is 0 Å². The smallest absolute Gasteiger partial charge is 0.0398 e. The Morgan fingerprint density at radius 3 is 2.40 bits per heavy atom. The molecule has 1 N–H and O–H groups in total. The molecular weight excluding hydrogens is 244 g/mol. The summed E-state index contributed by atoms with van der Waals surface area (Å²) in [6.07, 6.45) is 2.83. The van der Waals surface area contributed by atoms with Crippen molar-refractivity contribution in [2.45, 2.75) is 66.1 Å². The van der Waals surface area contributed by atoms with E-state index in [4.69, 9.17) is 0 Å². The van der Waals surface area contributed by atoms with Crippen molar-refractivity contribution in [1.29, 1.82) is 0 Å². The largest absolute Gasteiger partial charge is 0.369 e. The predicted octanol–water partition coefficient (Wildman–Crippen LogP) is 4.12. The lowest BCUT2D eigenvalue weighted by Gasteiger charge is -2.31. The molecule has 112 valence electrons. The number of nitrogens with one attached hydrogen (secondary N) is 1. The normalized spacial score (nSPS) is 15.2. The fourth-order valence-electron chi connectivity index (χ4n) is 2.64. The fraction of sp³-hybridized carbons (Fsp3) is 0.667. The van der Waals surface area contributed by atoms with E-state index < -0.39 is 0 Å². The lowest BCUT2D eigenvalue weighted by molar-refractivity contribution is 0.588. The van der Waals surface area contributed by atoms with Crippen LogP contribution in [0.25, 0.3) is 0 Å². The summed E-state index contributed by atoms with van der Waals surface area (Å²) in [7, 11) is 0. The maximum Gasteiger partial charge on any atom is 0.0398 e. The van der Waals surface area contributed by atoms with Gasteiger partial charge in [0.15, 0.2) is 0 Å². The molecule has 1 aliphatic carbocycles. The monoisotopic (exact) mass is 274 g/mol. The summed E-state index contributed by atoms with van der Waals surface area (Å²) in [6, 6.07) is 8.05. The second-order valence-corrected chi connectivity index (χ2v) is 6.85. The van der Waals surface area contributed by atoms with Crippen LogP contribution in [0, 0.1) is 12.8 Å². The Bertz CT molecular complexity index is 433. The highest BCUT2D eigenvalue weighted by atomic mass is 15.2. The van der Waals surface area contributed by atoms with Crippen LogP contribution >= 0.6 is 0 Å². The van der Waals surface area contributed by atoms with Gasteiger partial charge in [0.25, 0.3) is 0 Å². The Labute approximate surface area is 124 Å². The van der Waals surface area contributed by atoms with Crippen molar-refractivity contribution in [1.82, 2.24) is 5.32 Å². The van der Waals surface area contributed by atoms with E-state index in [0.717, 1.165) is 12.5 Å². The van der Waals surface area contributed by atoms with Gasteiger partial charge in [-0.1, -0.05) is 26.0 Å². The lowest BCUT2D eigenvalue weighted by Crippen LogP contribution is -2.33. The molecule has 1 aliphatic rings. The molecule has 0 bridgehead atoms. The summed E-state index contributed by atoms with van der Waals surface area (Å²) < 4.78 is 0. The molecule has 2 nitrogen and oxygen atoms in total. The molecule has 1 saturated carbocycles. The highest BCUT2D eigenvalue weighted by molar-refractivity contribution is 5.55. The van der Waals surface area contributed by atoms with Gasteiger partial charge in [0.1, 0.15) is 0 Å². The van der Waals surface area contributed by atoms with Gasteiger partial charge < -0.3 is 10.2 Å². The molecule has 0 spiro atoms. The SMILES string of the molecule is Cc1cc(CNC(C)C)ccc1N(CC1CC1)C(C)C. The predicted molar refractivity (Wildman–Crippen MR) is 88.4 cm³/mol. The summed E-state index contributed by atoms with van der Waals surface area (Å²) >= 11 is 0. The number of hydrogen-bond donors (Lipinski definition) is 1. The zero-order valence-corrected chi connectivity index (χ0v) is 13.7. The molecule has 0 heterocycles. The molecule has 2 heteroatoms. The topological polar surface area (TPSA) is 15.3 Å². The van der Waals surface area contributed by atoms with Crippen LogP contribution in [0.1, 0.15) is 51.7 Å². The maximum absolute atomic E-state index is 3.49. The number of rotatable bonds is 7. The van der Waals surface area contributed by atoms with E-state index in [9.17, 15) is 0 Å². The molecule has 20 heavy (non-hydrogen) atoms.